The van der Waals surface area contributed by atoms with Crippen molar-refractivity contribution in [2.75, 3.05) is 45.9 Å². The van der Waals surface area contributed by atoms with Crippen molar-refractivity contribution in [3.05, 3.63) is 0 Å². The van der Waals surface area contributed by atoms with Crippen LogP contribution in [0, 0.1) is 0 Å². The maximum absolute atomic E-state index is 11.0. The summed E-state index contributed by atoms with van der Waals surface area (Å²) in [6.45, 7) is 20.7. The van der Waals surface area contributed by atoms with E-state index in [0.717, 1.165) is 6.92 Å². The average molecular weight is 504 g/mol. The van der Waals surface area contributed by atoms with E-state index in [9.17, 15) is 19.6 Å². The monoisotopic (exact) mass is 503 g/mol. The third-order valence-electron chi connectivity index (χ3n) is 5.18. The Morgan fingerprint density at radius 2 is 1.30 bits per heavy atom. The number of nitrogens with zero attached hydrogens (tertiary/aromatic N) is 2. The van der Waals surface area contributed by atoms with Gasteiger partial charge in [-0.25, -0.2) is 4.57 Å². The normalized spacial score (nSPS) is 25.1. The summed E-state index contributed by atoms with van der Waals surface area (Å²) < 4.78 is 19.8. The number of rotatable bonds is 10. The summed E-state index contributed by atoms with van der Waals surface area (Å²) in [5.74, 6) is -0.586. The lowest BCUT2D eigenvalue weighted by Gasteiger charge is -2.41. The number of phosphoric acid groups is 1. The van der Waals surface area contributed by atoms with Gasteiger partial charge in [0.15, 0.2) is 6.29 Å². The molecule has 0 aromatic carbocycles. The highest BCUT2D eigenvalue weighted by Gasteiger charge is 2.47. The zero-order chi connectivity index (χ0) is 26.2. The molecule has 1 heterocycles. The summed E-state index contributed by atoms with van der Waals surface area (Å²) in [4.78, 5) is 33.0. The second-order valence-corrected chi connectivity index (χ2v) is 8.46. The fourth-order valence-corrected chi connectivity index (χ4v) is 3.50. The van der Waals surface area contributed by atoms with Crippen LogP contribution in [-0.4, -0.2) is 117 Å². The molecule has 1 aliphatic rings. The Bertz CT molecular complexity index is 522. The van der Waals surface area contributed by atoms with Crippen molar-refractivity contribution >= 4 is 13.7 Å². The topological polar surface area (TPSA) is 172 Å². The lowest BCUT2D eigenvalue weighted by Crippen LogP contribution is -2.64. The molecule has 5 atom stereocenters. The minimum atomic E-state index is -4.95. The molecule has 0 aliphatic carbocycles. The Morgan fingerprint density at radius 3 is 1.55 bits per heavy atom. The van der Waals surface area contributed by atoms with Crippen LogP contribution < -0.4 is 5.32 Å². The van der Waals surface area contributed by atoms with E-state index in [2.05, 4.69) is 61.2 Å². The molecule has 13 heteroatoms. The number of phosphoric ester groups is 1. The quantitative estimate of drug-likeness (QED) is 0.217. The van der Waals surface area contributed by atoms with Gasteiger partial charge in [0.25, 0.3) is 0 Å². The van der Waals surface area contributed by atoms with Crippen LogP contribution in [0.25, 0.3) is 0 Å². The Morgan fingerprint density at radius 1 is 0.909 bits per heavy atom. The summed E-state index contributed by atoms with van der Waals surface area (Å²) in [7, 11) is -4.95. The first kappa shape index (κ1) is 34.5. The third kappa shape index (κ3) is 15.0. The van der Waals surface area contributed by atoms with Crippen molar-refractivity contribution in [3.63, 3.8) is 0 Å². The second kappa shape index (κ2) is 18.6. The van der Waals surface area contributed by atoms with Crippen LogP contribution in [0.2, 0.25) is 0 Å². The van der Waals surface area contributed by atoms with Crippen LogP contribution in [0.5, 0.6) is 0 Å². The SMILES string of the molecule is CC(=O)N[C@@H]1[C@@H](O)[C@@H](OP(=O)(O)O)O[C@H](CO)[C@H]1O.CCN(CC)CC.CCN(CC)CC. The van der Waals surface area contributed by atoms with Gasteiger partial charge in [-0.05, 0) is 39.3 Å². The van der Waals surface area contributed by atoms with Crippen LogP contribution >= 0.6 is 7.82 Å². The highest BCUT2D eigenvalue weighted by atomic mass is 31.2. The van der Waals surface area contributed by atoms with Gasteiger partial charge in [-0.3, -0.25) is 9.32 Å². The van der Waals surface area contributed by atoms with Gasteiger partial charge in [0.2, 0.25) is 5.91 Å². The molecule has 1 fully saturated rings. The van der Waals surface area contributed by atoms with Crippen LogP contribution in [0.3, 0.4) is 0 Å². The summed E-state index contributed by atoms with van der Waals surface area (Å²) in [6, 6.07) is -1.29. The van der Waals surface area contributed by atoms with Crippen LogP contribution in [0.4, 0.5) is 0 Å². The molecule has 0 radical (unpaired) electrons. The third-order valence-corrected chi connectivity index (χ3v) is 5.66. The summed E-state index contributed by atoms with van der Waals surface area (Å²) >= 11 is 0. The number of aliphatic hydroxyl groups is 3. The Hall–Kier alpha value is -0.660. The molecule has 6 N–H and O–H groups in total. The van der Waals surface area contributed by atoms with E-state index in [4.69, 9.17) is 19.6 Å². The van der Waals surface area contributed by atoms with Gasteiger partial charge in [-0.15, -0.1) is 0 Å². The van der Waals surface area contributed by atoms with E-state index in [1.54, 1.807) is 0 Å². The molecule has 1 aliphatic heterocycles. The average Bonchev–Trinajstić information content (AvgIpc) is 2.75. The molecule has 1 saturated heterocycles. The van der Waals surface area contributed by atoms with Crippen LogP contribution in [-0.2, 0) is 18.6 Å². The molecule has 0 saturated carbocycles. The van der Waals surface area contributed by atoms with Crippen molar-refractivity contribution in [1.29, 1.82) is 0 Å². The van der Waals surface area contributed by atoms with E-state index >= 15 is 0 Å². The number of hydrogen-bond donors (Lipinski definition) is 6. The predicted octanol–water partition coefficient (Wildman–Crippen LogP) is -0.264. The molecule has 0 aromatic rings. The van der Waals surface area contributed by atoms with Crippen molar-refractivity contribution < 1.29 is 43.7 Å². The van der Waals surface area contributed by atoms with Crippen molar-refractivity contribution in [2.45, 2.75) is 79.1 Å². The van der Waals surface area contributed by atoms with E-state index < -0.39 is 51.0 Å². The van der Waals surface area contributed by atoms with Gasteiger partial charge < -0.3 is 45.0 Å². The maximum atomic E-state index is 11.0. The summed E-state index contributed by atoms with van der Waals surface area (Å²) in [5.41, 5.74) is 0. The van der Waals surface area contributed by atoms with Gasteiger partial charge in [-0.2, -0.15) is 0 Å². The number of amides is 1. The number of hydrogen-bond acceptors (Lipinski definition) is 9. The minimum absolute atomic E-state index is 0.586. The van der Waals surface area contributed by atoms with E-state index in [1.165, 1.54) is 39.3 Å². The minimum Gasteiger partial charge on any atom is -0.394 e. The second-order valence-electron chi connectivity index (χ2n) is 7.27. The molecule has 0 aromatic heterocycles. The Labute approximate surface area is 198 Å². The lowest BCUT2D eigenvalue weighted by molar-refractivity contribution is -0.255. The van der Waals surface area contributed by atoms with Gasteiger partial charge in [0.1, 0.15) is 18.3 Å². The molecule has 0 spiro atoms. The molecule has 0 unspecified atom stereocenters. The number of nitrogens with one attached hydrogen (secondary N) is 1. The molecule has 33 heavy (non-hydrogen) atoms. The van der Waals surface area contributed by atoms with Gasteiger partial charge in [-0.1, -0.05) is 41.5 Å². The van der Waals surface area contributed by atoms with Gasteiger partial charge in [0, 0.05) is 6.92 Å². The number of carbonyl (C=O) groups excluding carboxylic acids is 1. The molecule has 1 amide bonds. The fraction of sp³-hybridized carbons (Fsp3) is 0.950. The zero-order valence-electron chi connectivity index (χ0n) is 21.0. The molecule has 200 valence electrons. The van der Waals surface area contributed by atoms with Gasteiger partial charge in [0.05, 0.1) is 12.6 Å². The summed E-state index contributed by atoms with van der Waals surface area (Å²) in [5, 5.41) is 30.7. The summed E-state index contributed by atoms with van der Waals surface area (Å²) in [6.07, 6.45) is -6.23. The van der Waals surface area contributed by atoms with Crippen molar-refractivity contribution in [3.8, 4) is 0 Å². The van der Waals surface area contributed by atoms with Gasteiger partial charge >= 0.3 is 7.82 Å². The number of ether oxygens (including phenoxy) is 1. The number of aliphatic hydroxyl groups excluding tert-OH is 3. The first-order valence-electron chi connectivity index (χ1n) is 11.4. The molecule has 1 rings (SSSR count). The van der Waals surface area contributed by atoms with E-state index in [1.807, 2.05) is 0 Å². The van der Waals surface area contributed by atoms with E-state index in [0.29, 0.717) is 0 Å². The Balaban J connectivity index is 0. The van der Waals surface area contributed by atoms with Crippen LogP contribution in [0.15, 0.2) is 0 Å². The first-order chi connectivity index (χ1) is 15.3. The molecule has 0 bridgehead atoms. The predicted molar refractivity (Wildman–Crippen MR) is 125 cm³/mol. The maximum Gasteiger partial charge on any atom is 0.472 e. The highest BCUT2D eigenvalue weighted by Crippen LogP contribution is 2.40. The Kier molecular flexibility index (Phi) is 19.5. The molecule has 12 nitrogen and oxygen atoms in total. The zero-order valence-corrected chi connectivity index (χ0v) is 21.9. The number of carbonyl (C=O) groups is 1. The van der Waals surface area contributed by atoms with Crippen molar-refractivity contribution in [2.24, 2.45) is 0 Å². The van der Waals surface area contributed by atoms with Crippen LogP contribution in [0.1, 0.15) is 48.5 Å². The lowest BCUT2D eigenvalue weighted by atomic mass is 9.96. The molecular formula is C20H46N3O9P. The molecular weight excluding hydrogens is 457 g/mol. The highest BCUT2D eigenvalue weighted by molar-refractivity contribution is 7.46. The van der Waals surface area contributed by atoms with E-state index in [-0.39, 0.29) is 0 Å². The largest absolute Gasteiger partial charge is 0.472 e. The van der Waals surface area contributed by atoms with Crippen molar-refractivity contribution in [1.82, 2.24) is 15.1 Å². The fourth-order valence-electron chi connectivity index (χ4n) is 3.06. The first-order valence-corrected chi connectivity index (χ1v) is 13.0. The standard InChI is InChI=1S/C8H16NO9P.2C6H15N/c1-3(11)9-5-6(12)4(2-10)17-8(7(5)13)18-19(14,15)16;2*1-4-7(5-2)6-3/h4-8,10,12-13H,2H2,1H3,(H,9,11)(H2,14,15,16);2*4-6H2,1-3H3/t4-,5+,6-,7-,8-;;/m1../s1. The smallest absolute Gasteiger partial charge is 0.394 e.